The van der Waals surface area contributed by atoms with E-state index in [1.807, 2.05) is 13.8 Å². The molecule has 1 aliphatic heterocycles. The Bertz CT molecular complexity index is 1440. The number of aromatic nitrogens is 6. The van der Waals surface area contributed by atoms with Crippen molar-refractivity contribution in [3.63, 3.8) is 0 Å². The minimum Gasteiger partial charge on any atom is -0.387 e. The Labute approximate surface area is 221 Å². The number of ether oxygens (including phenoxy) is 1. The van der Waals surface area contributed by atoms with E-state index >= 15 is 0 Å². The number of nitrogens with one attached hydrogen (secondary N) is 1. The van der Waals surface area contributed by atoms with E-state index in [2.05, 4.69) is 29.8 Å². The van der Waals surface area contributed by atoms with E-state index in [9.17, 15) is 23.4 Å². The fraction of sp³-hybridized carbons (Fsp3) is 0.520. The number of unbranched alkanes of at least 4 members (excludes halogenated alkanes) is 1. The molecule has 0 amide bonds. The molecule has 0 bridgehead atoms. The van der Waals surface area contributed by atoms with E-state index < -0.39 is 36.3 Å². The molecule has 1 aromatic carbocycles. The second kappa shape index (κ2) is 10.7. The van der Waals surface area contributed by atoms with Crippen molar-refractivity contribution < 1.29 is 28.1 Å². The highest BCUT2D eigenvalue weighted by molar-refractivity contribution is 5.81. The minimum atomic E-state index is -4.40. The lowest BCUT2D eigenvalue weighted by atomic mass is 10.1. The number of fused-ring (bicyclic) bond motifs is 2. The number of aliphatic hydroxyl groups excluding tert-OH is 2. The first-order valence-electron chi connectivity index (χ1n) is 12.8. The van der Waals surface area contributed by atoms with Crippen LogP contribution in [0.1, 0.15) is 44.3 Å². The lowest BCUT2D eigenvalue weighted by Gasteiger charge is -2.30. The Kier molecular flexibility index (Phi) is 7.46. The molecular formula is C25H31F3N8O3. The summed E-state index contributed by atoms with van der Waals surface area (Å²) < 4.78 is 46.6. The van der Waals surface area contributed by atoms with E-state index in [1.54, 1.807) is 4.57 Å². The molecule has 39 heavy (non-hydrogen) atoms. The highest BCUT2D eigenvalue weighted by atomic mass is 19.4. The number of benzene rings is 1. The van der Waals surface area contributed by atoms with E-state index in [1.165, 1.54) is 18.7 Å². The summed E-state index contributed by atoms with van der Waals surface area (Å²) in [5.74, 6) is 0.848. The normalized spacial score (nSPS) is 22.2. The van der Waals surface area contributed by atoms with E-state index in [-0.39, 0.29) is 11.9 Å². The van der Waals surface area contributed by atoms with Crippen molar-refractivity contribution >= 4 is 28.0 Å². The van der Waals surface area contributed by atoms with Crippen LogP contribution in [-0.4, -0.2) is 82.0 Å². The third-order valence-corrected chi connectivity index (χ3v) is 7.11. The molecule has 210 valence electrons. The van der Waals surface area contributed by atoms with Gasteiger partial charge in [-0.2, -0.15) is 13.2 Å². The summed E-state index contributed by atoms with van der Waals surface area (Å²) in [6, 6.07) is 3.63. The van der Waals surface area contributed by atoms with Gasteiger partial charge in [-0.15, -0.1) is 0 Å². The Hall–Kier alpha value is -3.33. The second-order valence-corrected chi connectivity index (χ2v) is 10.1. The lowest BCUT2D eigenvalue weighted by Crippen LogP contribution is -2.43. The third-order valence-electron chi connectivity index (χ3n) is 7.11. The van der Waals surface area contributed by atoms with Crippen LogP contribution in [0.2, 0.25) is 0 Å². The van der Waals surface area contributed by atoms with Crippen LogP contribution in [-0.2, 0) is 17.3 Å². The molecule has 4 atom stereocenters. The summed E-state index contributed by atoms with van der Waals surface area (Å²) in [5.41, 5.74) is 6.81. The largest absolute Gasteiger partial charge is 0.416 e. The molecule has 0 spiro atoms. The van der Waals surface area contributed by atoms with Crippen LogP contribution < -0.4 is 5.73 Å². The number of rotatable bonds is 9. The maximum atomic E-state index is 13.0. The van der Waals surface area contributed by atoms with Crippen LogP contribution in [0.4, 0.5) is 19.0 Å². The maximum absolute atomic E-state index is 13.0. The molecule has 1 aliphatic rings. The number of imidazole rings is 2. The average molecular weight is 549 g/mol. The maximum Gasteiger partial charge on any atom is 0.416 e. The number of nitrogen functional groups attached to an aromatic ring is 1. The molecule has 11 nitrogen and oxygen atoms in total. The first-order valence-corrected chi connectivity index (χ1v) is 12.8. The standard InChI is InChI=1S/C25H31F3N8O3/c1-13(2)35(8-4-3-5-18-33-15-7-6-14(25(26,27)28)9-16(15)34-18)10-17-20(37)21(38)24(39-17)36-12-32-19-22(29)30-11-31-23(19)36/h6-7,9,11-13,17,20-21,24,37-38H,3-5,8,10H2,1-2H3,(H,33,34)(H2,29,30,31). The van der Waals surface area contributed by atoms with Crippen molar-refractivity contribution in [1.82, 2.24) is 34.4 Å². The quantitative estimate of drug-likeness (QED) is 0.231. The van der Waals surface area contributed by atoms with Gasteiger partial charge in [0.15, 0.2) is 17.7 Å². The van der Waals surface area contributed by atoms with Crippen LogP contribution in [0.25, 0.3) is 22.2 Å². The molecule has 0 saturated carbocycles. The number of aliphatic hydroxyl groups is 2. The van der Waals surface area contributed by atoms with Crippen molar-refractivity contribution in [1.29, 1.82) is 0 Å². The van der Waals surface area contributed by atoms with Crippen LogP contribution in [0, 0.1) is 0 Å². The monoisotopic (exact) mass is 548 g/mol. The van der Waals surface area contributed by atoms with Gasteiger partial charge in [0.25, 0.3) is 0 Å². The molecule has 5 N–H and O–H groups in total. The second-order valence-electron chi connectivity index (χ2n) is 10.1. The van der Waals surface area contributed by atoms with Crippen LogP contribution in [0.3, 0.4) is 0 Å². The first kappa shape index (κ1) is 27.2. The van der Waals surface area contributed by atoms with Gasteiger partial charge < -0.3 is 25.7 Å². The zero-order valence-electron chi connectivity index (χ0n) is 21.5. The molecule has 1 fully saturated rings. The number of nitrogens with zero attached hydrogens (tertiary/aromatic N) is 6. The van der Waals surface area contributed by atoms with E-state index in [0.29, 0.717) is 47.5 Å². The Morgan fingerprint density at radius 2 is 1.95 bits per heavy atom. The number of aromatic amines is 1. The zero-order chi connectivity index (χ0) is 27.9. The van der Waals surface area contributed by atoms with Gasteiger partial charge in [0, 0.05) is 19.0 Å². The van der Waals surface area contributed by atoms with Gasteiger partial charge in [-0.05, 0) is 51.4 Å². The predicted octanol–water partition coefficient (Wildman–Crippen LogP) is 2.66. The van der Waals surface area contributed by atoms with Gasteiger partial charge in [-0.1, -0.05) is 0 Å². The smallest absolute Gasteiger partial charge is 0.387 e. The predicted molar refractivity (Wildman–Crippen MR) is 136 cm³/mol. The Morgan fingerprint density at radius 1 is 1.15 bits per heavy atom. The molecule has 1 saturated heterocycles. The van der Waals surface area contributed by atoms with Crippen molar-refractivity contribution in [2.24, 2.45) is 0 Å². The summed E-state index contributed by atoms with van der Waals surface area (Å²) >= 11 is 0. The number of H-pyrrole nitrogens is 1. The van der Waals surface area contributed by atoms with Gasteiger partial charge in [0.05, 0.1) is 22.9 Å². The van der Waals surface area contributed by atoms with Gasteiger partial charge in [0.2, 0.25) is 0 Å². The van der Waals surface area contributed by atoms with Crippen LogP contribution in [0.15, 0.2) is 30.9 Å². The zero-order valence-corrected chi connectivity index (χ0v) is 21.5. The molecule has 3 aromatic heterocycles. The fourth-order valence-electron chi connectivity index (χ4n) is 4.92. The SMILES string of the molecule is CC(C)N(CCCCc1nc2ccc(C(F)(F)F)cc2[nH]1)CC1OC(n2cnc3c(N)ncnc32)C(O)C1O. The summed E-state index contributed by atoms with van der Waals surface area (Å²) in [6.45, 7) is 5.16. The van der Waals surface area contributed by atoms with Crippen molar-refractivity contribution in [3.05, 3.63) is 42.2 Å². The van der Waals surface area contributed by atoms with Gasteiger partial charge >= 0.3 is 6.18 Å². The van der Waals surface area contributed by atoms with E-state index in [4.69, 9.17) is 10.5 Å². The van der Waals surface area contributed by atoms with Crippen LogP contribution in [0.5, 0.6) is 0 Å². The number of anilines is 1. The highest BCUT2D eigenvalue weighted by Crippen LogP contribution is 2.33. The molecular weight excluding hydrogens is 517 g/mol. The Balaban J connectivity index is 1.18. The lowest BCUT2D eigenvalue weighted by molar-refractivity contribution is -0.137. The fourth-order valence-corrected chi connectivity index (χ4v) is 4.92. The molecule has 0 aliphatic carbocycles. The highest BCUT2D eigenvalue weighted by Gasteiger charge is 2.45. The number of alkyl halides is 3. The van der Waals surface area contributed by atoms with Crippen LogP contribution >= 0.6 is 0 Å². The first-order chi connectivity index (χ1) is 18.5. The summed E-state index contributed by atoms with van der Waals surface area (Å²) in [7, 11) is 0. The third kappa shape index (κ3) is 5.55. The van der Waals surface area contributed by atoms with Gasteiger partial charge in [-0.3, -0.25) is 9.47 Å². The minimum absolute atomic E-state index is 0.144. The van der Waals surface area contributed by atoms with Crippen molar-refractivity contribution in [2.75, 3.05) is 18.8 Å². The average Bonchev–Trinajstić information content (AvgIpc) is 3.57. The molecule has 0 radical (unpaired) electrons. The number of hydrogen-bond acceptors (Lipinski definition) is 9. The number of hydrogen-bond donors (Lipinski definition) is 4. The molecule has 4 unspecified atom stereocenters. The summed E-state index contributed by atoms with van der Waals surface area (Å²) in [6.07, 6.45) is -3.35. The van der Waals surface area contributed by atoms with Gasteiger partial charge in [-0.25, -0.2) is 19.9 Å². The summed E-state index contributed by atoms with van der Waals surface area (Å²) in [4.78, 5) is 21.9. The van der Waals surface area contributed by atoms with Crippen molar-refractivity contribution in [3.8, 4) is 0 Å². The molecule has 5 rings (SSSR count). The van der Waals surface area contributed by atoms with Gasteiger partial charge in [0.1, 0.15) is 36.0 Å². The number of nitrogens with two attached hydrogens (primary N) is 1. The molecule has 14 heteroatoms. The molecule has 4 aromatic rings. The number of halogens is 3. The van der Waals surface area contributed by atoms with Crippen molar-refractivity contribution in [2.45, 2.75) is 69.9 Å². The summed E-state index contributed by atoms with van der Waals surface area (Å²) in [5, 5.41) is 21.5. The topological polar surface area (TPSA) is 151 Å². The molecule has 4 heterocycles. The number of aryl methyl sites for hydroxylation is 1. The van der Waals surface area contributed by atoms with E-state index in [0.717, 1.165) is 25.0 Å². The Morgan fingerprint density at radius 3 is 2.69 bits per heavy atom.